The summed E-state index contributed by atoms with van der Waals surface area (Å²) in [6.07, 6.45) is 6.64. The van der Waals surface area contributed by atoms with E-state index in [0.29, 0.717) is 12.4 Å². The smallest absolute Gasteiger partial charge is 0.126 e. The van der Waals surface area contributed by atoms with E-state index in [0.717, 1.165) is 29.7 Å². The Hall–Kier alpha value is -2.48. The lowest BCUT2D eigenvalue weighted by molar-refractivity contribution is 0.334. The molecule has 0 atom stereocenters. The molecule has 0 aliphatic heterocycles. The van der Waals surface area contributed by atoms with E-state index in [9.17, 15) is 5.11 Å². The second kappa shape index (κ2) is 14.6. The third-order valence-corrected chi connectivity index (χ3v) is 6.52. The van der Waals surface area contributed by atoms with Crippen LogP contribution >= 0.6 is 0 Å². The van der Waals surface area contributed by atoms with Crippen molar-refractivity contribution in [2.75, 3.05) is 6.61 Å². The molecule has 0 aliphatic carbocycles. The SMILES string of the molecule is C=CCc1c(C)c(C)c(C)c(C)c1O.C=CCc1c(C)c(C)c(C)c(C)c1OCC.CCC.[2HH].[2HH]. The fourth-order valence-electron chi connectivity index (χ4n) is 3.85. The summed E-state index contributed by atoms with van der Waals surface area (Å²) in [6.45, 7) is 31.4. The average molecular weight is 459 g/mol. The number of phenolic OH excluding ortho intramolecular Hbond substituents is 1. The molecule has 33 heavy (non-hydrogen) atoms. The van der Waals surface area contributed by atoms with Crippen LogP contribution < -0.4 is 4.74 Å². The van der Waals surface area contributed by atoms with Crippen LogP contribution in [0.5, 0.6) is 11.5 Å². The van der Waals surface area contributed by atoms with Gasteiger partial charge in [0.2, 0.25) is 0 Å². The van der Waals surface area contributed by atoms with Crippen LogP contribution in [0.2, 0.25) is 0 Å². The summed E-state index contributed by atoms with van der Waals surface area (Å²) >= 11 is 0. The number of allylic oxidation sites excluding steroid dienone is 2. The van der Waals surface area contributed by atoms with Gasteiger partial charge in [-0.1, -0.05) is 32.4 Å². The molecule has 2 aromatic carbocycles. The number of hydrogen-bond donors (Lipinski definition) is 1. The molecule has 0 fully saturated rings. The Morgan fingerprint density at radius 3 is 1.42 bits per heavy atom. The molecular formula is C31H52O2. The summed E-state index contributed by atoms with van der Waals surface area (Å²) in [6, 6.07) is 0. The summed E-state index contributed by atoms with van der Waals surface area (Å²) in [5.41, 5.74) is 12.3. The summed E-state index contributed by atoms with van der Waals surface area (Å²) in [5, 5.41) is 9.97. The molecule has 0 amide bonds. The molecule has 0 saturated heterocycles. The van der Waals surface area contributed by atoms with Gasteiger partial charge in [-0.05, 0) is 120 Å². The lowest BCUT2D eigenvalue weighted by Crippen LogP contribution is -2.05. The summed E-state index contributed by atoms with van der Waals surface area (Å²) in [7, 11) is 0. The summed E-state index contributed by atoms with van der Waals surface area (Å²) in [4.78, 5) is 0. The van der Waals surface area contributed by atoms with Crippen molar-refractivity contribution in [3.63, 3.8) is 0 Å². The Morgan fingerprint density at radius 2 is 1.00 bits per heavy atom. The van der Waals surface area contributed by atoms with E-state index in [4.69, 9.17) is 4.74 Å². The van der Waals surface area contributed by atoms with Crippen molar-refractivity contribution in [1.29, 1.82) is 0 Å². The van der Waals surface area contributed by atoms with Crippen molar-refractivity contribution in [3.05, 3.63) is 80.9 Å². The van der Waals surface area contributed by atoms with E-state index in [1.54, 1.807) is 0 Å². The molecule has 0 unspecified atom stereocenters. The van der Waals surface area contributed by atoms with Crippen LogP contribution in [-0.4, -0.2) is 11.7 Å². The quantitative estimate of drug-likeness (QED) is 0.437. The highest BCUT2D eigenvalue weighted by atomic mass is 16.5. The first kappa shape index (κ1) is 30.5. The lowest BCUT2D eigenvalue weighted by atomic mass is 9.92. The molecule has 1 N–H and O–H groups in total. The molecule has 2 rings (SSSR count). The molecule has 2 nitrogen and oxygen atoms in total. The molecule has 2 heteroatoms. The zero-order valence-electron chi connectivity index (χ0n) is 23.3. The first-order valence-electron chi connectivity index (χ1n) is 12.2. The predicted molar refractivity (Wildman–Crippen MR) is 152 cm³/mol. The van der Waals surface area contributed by atoms with Crippen molar-refractivity contribution in [1.82, 2.24) is 0 Å². The third-order valence-electron chi connectivity index (χ3n) is 6.52. The van der Waals surface area contributed by atoms with Crippen LogP contribution in [0.15, 0.2) is 25.3 Å². The zero-order valence-corrected chi connectivity index (χ0v) is 23.3. The van der Waals surface area contributed by atoms with E-state index in [1.807, 2.05) is 26.0 Å². The van der Waals surface area contributed by atoms with Gasteiger partial charge in [0.05, 0.1) is 6.61 Å². The normalized spacial score (nSPS) is 9.91. The van der Waals surface area contributed by atoms with Gasteiger partial charge >= 0.3 is 0 Å². The first-order valence-corrected chi connectivity index (χ1v) is 12.2. The van der Waals surface area contributed by atoms with E-state index in [-0.39, 0.29) is 2.85 Å². The molecule has 0 radical (unpaired) electrons. The predicted octanol–water partition coefficient (Wildman–Crippen LogP) is 9.31. The Balaban J connectivity index is -0.000000503. The molecule has 2 aromatic rings. The monoisotopic (exact) mass is 458 g/mol. The van der Waals surface area contributed by atoms with Crippen LogP contribution in [-0.2, 0) is 12.8 Å². The number of benzene rings is 2. The first-order chi connectivity index (χ1) is 15.5. The van der Waals surface area contributed by atoms with Crippen molar-refractivity contribution < 1.29 is 12.7 Å². The number of phenols is 1. The van der Waals surface area contributed by atoms with Crippen molar-refractivity contribution in [2.24, 2.45) is 0 Å². The Kier molecular flexibility index (Phi) is 13.5. The average Bonchev–Trinajstić information content (AvgIpc) is 2.79. The second-order valence-corrected chi connectivity index (χ2v) is 8.76. The summed E-state index contributed by atoms with van der Waals surface area (Å²) in [5.74, 6) is 1.49. The van der Waals surface area contributed by atoms with Crippen LogP contribution in [0, 0.1) is 55.4 Å². The topological polar surface area (TPSA) is 29.5 Å². The minimum Gasteiger partial charge on any atom is -0.507 e. The zero-order chi connectivity index (χ0) is 25.9. The molecule has 0 aromatic heterocycles. The van der Waals surface area contributed by atoms with E-state index in [2.05, 4.69) is 75.5 Å². The highest BCUT2D eigenvalue weighted by molar-refractivity contribution is 5.55. The Labute approximate surface area is 207 Å². The van der Waals surface area contributed by atoms with Crippen molar-refractivity contribution in [2.45, 2.75) is 95.4 Å². The van der Waals surface area contributed by atoms with E-state index >= 15 is 0 Å². The van der Waals surface area contributed by atoms with Gasteiger partial charge in [0, 0.05) is 14.0 Å². The maximum absolute atomic E-state index is 9.97. The lowest BCUT2D eigenvalue weighted by Gasteiger charge is -2.19. The van der Waals surface area contributed by atoms with Gasteiger partial charge in [0.25, 0.3) is 0 Å². The fraction of sp³-hybridized carbons (Fsp3) is 0.484. The molecule has 0 heterocycles. The second-order valence-electron chi connectivity index (χ2n) is 8.76. The fourth-order valence-corrected chi connectivity index (χ4v) is 3.85. The standard InChI is InChI=1S/C15H22O.C13H18O.C3H8.2H2/c1-7-9-14-12(5)10(3)11(4)13(6)15(14)16-8-2;1-6-7-12-10(4)8(2)9(3)11(5)13(12)14;1-3-2;;/h7H,1,8-9H2,2-6H3;6,14H,1,7H2,2-5H3;3H2,1-2H3;2*1H/i;;;2*1+1. The molecule has 0 spiro atoms. The van der Waals surface area contributed by atoms with Crippen LogP contribution in [0.3, 0.4) is 0 Å². The van der Waals surface area contributed by atoms with Crippen molar-refractivity contribution >= 4 is 0 Å². The largest absolute Gasteiger partial charge is 0.507 e. The van der Waals surface area contributed by atoms with Gasteiger partial charge in [-0.2, -0.15) is 0 Å². The van der Waals surface area contributed by atoms with E-state index in [1.165, 1.54) is 50.9 Å². The van der Waals surface area contributed by atoms with Gasteiger partial charge < -0.3 is 9.84 Å². The van der Waals surface area contributed by atoms with Gasteiger partial charge in [-0.3, -0.25) is 0 Å². The Morgan fingerprint density at radius 1 is 0.636 bits per heavy atom. The number of aromatic hydroxyl groups is 1. The van der Waals surface area contributed by atoms with E-state index < -0.39 is 0 Å². The molecule has 0 saturated carbocycles. The van der Waals surface area contributed by atoms with Crippen LogP contribution in [0.1, 0.15) is 85.7 Å². The maximum atomic E-state index is 9.97. The van der Waals surface area contributed by atoms with Gasteiger partial charge in [0.15, 0.2) is 0 Å². The number of hydrogen-bond acceptors (Lipinski definition) is 2. The molecule has 188 valence electrons. The molecule has 0 aliphatic rings. The minimum absolute atomic E-state index is 0. The van der Waals surface area contributed by atoms with Crippen molar-refractivity contribution in [3.8, 4) is 11.5 Å². The molecular weight excluding hydrogens is 404 g/mol. The third kappa shape index (κ3) is 7.52. The Bertz CT molecular complexity index is 931. The van der Waals surface area contributed by atoms with Gasteiger partial charge in [-0.15, -0.1) is 13.2 Å². The van der Waals surface area contributed by atoms with Gasteiger partial charge in [0.1, 0.15) is 11.5 Å². The maximum Gasteiger partial charge on any atom is 0.126 e. The van der Waals surface area contributed by atoms with Gasteiger partial charge in [-0.25, -0.2) is 0 Å². The highest BCUT2D eigenvalue weighted by Gasteiger charge is 2.15. The number of ether oxygens (including phenoxy) is 1. The molecule has 0 bridgehead atoms. The van der Waals surface area contributed by atoms with Crippen LogP contribution in [0.25, 0.3) is 0 Å². The minimum atomic E-state index is 0. The highest BCUT2D eigenvalue weighted by Crippen LogP contribution is 2.34. The number of rotatable bonds is 6. The summed E-state index contributed by atoms with van der Waals surface area (Å²) < 4.78 is 5.79. The van der Waals surface area contributed by atoms with Crippen LogP contribution in [0.4, 0.5) is 0 Å².